The van der Waals surface area contributed by atoms with E-state index in [1.54, 1.807) is 27.9 Å². The molecule has 4 rings (SSSR count). The molecule has 4 saturated heterocycles. The molecule has 0 radical (unpaired) electrons. The predicted octanol–water partition coefficient (Wildman–Crippen LogP) is 4.29. The monoisotopic (exact) mass is 769 g/mol. The zero-order chi connectivity index (χ0) is 40.7. The summed E-state index contributed by atoms with van der Waals surface area (Å²) >= 11 is 0. The fraction of sp³-hybridized carbons (Fsp3) is 0.902. The quantitative estimate of drug-likeness (QED) is 0.267. The Morgan fingerprint density at radius 3 is 2.11 bits per heavy atom. The van der Waals surface area contributed by atoms with Crippen LogP contribution >= 0.6 is 0 Å². The summed E-state index contributed by atoms with van der Waals surface area (Å²) in [7, 11) is 6.94. The number of hydrogen-bond acceptors (Lipinski definition) is 13. The molecule has 4 heterocycles. The Balaban J connectivity index is 1.87. The molecule has 4 aliphatic heterocycles. The fourth-order valence-electron chi connectivity index (χ4n) is 9.86. The topological polar surface area (TPSA) is 152 Å². The van der Waals surface area contributed by atoms with Crippen LogP contribution in [0.1, 0.15) is 94.9 Å². The number of methoxy groups -OCH3 is 2. The number of aliphatic hydroxyl groups excluding tert-OH is 2. The number of likely N-dealkylation sites (N-methyl/N-ethyl adjacent to an activating group) is 1. The van der Waals surface area contributed by atoms with Crippen LogP contribution in [0.4, 0.5) is 0 Å². The van der Waals surface area contributed by atoms with Crippen LogP contribution in [0.25, 0.3) is 0 Å². The number of ketones is 1. The number of esters is 1. The Kier molecular flexibility index (Phi) is 14.7. The van der Waals surface area contributed by atoms with Crippen LogP contribution in [0.15, 0.2) is 12.2 Å². The van der Waals surface area contributed by atoms with Gasteiger partial charge >= 0.3 is 5.97 Å². The van der Waals surface area contributed by atoms with Crippen LogP contribution in [-0.4, -0.2) is 140 Å². The number of rotatable bonds is 8. The third kappa shape index (κ3) is 8.80. The molecule has 0 amide bonds. The molecule has 0 aromatic rings. The molecular formula is C41H71NO12. The summed E-state index contributed by atoms with van der Waals surface area (Å²) in [5, 5.41) is 22.7. The Labute approximate surface area is 323 Å². The van der Waals surface area contributed by atoms with E-state index < -0.39 is 102 Å². The molecule has 13 heteroatoms. The maximum absolute atomic E-state index is 14.5. The van der Waals surface area contributed by atoms with Crippen molar-refractivity contribution in [3.05, 3.63) is 12.2 Å². The molecular weight excluding hydrogens is 698 g/mol. The van der Waals surface area contributed by atoms with Gasteiger partial charge in [-0.15, -0.1) is 0 Å². The van der Waals surface area contributed by atoms with E-state index in [1.165, 1.54) is 7.11 Å². The summed E-state index contributed by atoms with van der Waals surface area (Å²) < 4.78 is 51.2. The first kappa shape index (κ1) is 45.2. The lowest BCUT2D eigenvalue weighted by Crippen LogP contribution is -2.61. The lowest BCUT2D eigenvalue weighted by molar-refractivity contribution is -0.319. The number of carbonyl (C=O) groups is 2. The summed E-state index contributed by atoms with van der Waals surface area (Å²) in [5.41, 5.74) is -2.36. The fourth-order valence-corrected chi connectivity index (χ4v) is 9.86. The molecule has 4 aliphatic rings. The van der Waals surface area contributed by atoms with Crippen molar-refractivity contribution >= 4 is 11.8 Å². The predicted molar refractivity (Wildman–Crippen MR) is 201 cm³/mol. The van der Waals surface area contributed by atoms with Gasteiger partial charge in [-0.1, -0.05) is 34.3 Å². The van der Waals surface area contributed by atoms with Crippen LogP contribution in [0.5, 0.6) is 0 Å². The van der Waals surface area contributed by atoms with Crippen LogP contribution in [0.2, 0.25) is 0 Å². The highest BCUT2D eigenvalue weighted by Gasteiger charge is 2.56. The zero-order valence-electron chi connectivity index (χ0n) is 35.3. The number of cyclic esters (lactones) is 1. The number of hydrogen-bond donors (Lipinski definition) is 2. The molecule has 1 unspecified atom stereocenters. The number of Topliss-reactive ketones (excluding diaryl/α,β-unsaturated/α-hetero) is 1. The van der Waals surface area contributed by atoms with Gasteiger partial charge in [0.2, 0.25) is 0 Å². The SMILES string of the molecule is C=C1CO[C@]2(C)[C@@H](CC)OC(=O)[C@H](C)[C@@H](O[C@H]3C[C@@](C)(OC)[C@@H](O)[C@H](C)O3)[C@H](C)[C@@H](O[C@@H]3O[C@H](C)C[C@H](N(C)C)[C@H]3O)[C@](C)(OC)C[C@@H](C)C(=O)C(C)[C@H]12. The van der Waals surface area contributed by atoms with Crippen LogP contribution in [-0.2, 0) is 47.5 Å². The lowest BCUT2D eigenvalue weighted by Gasteiger charge is -2.50. The summed E-state index contributed by atoms with van der Waals surface area (Å²) in [6, 6.07) is -0.249. The number of aliphatic hydroxyl groups is 2. The first-order chi connectivity index (χ1) is 25.1. The van der Waals surface area contributed by atoms with Crippen molar-refractivity contribution in [1.29, 1.82) is 0 Å². The van der Waals surface area contributed by atoms with Crippen molar-refractivity contribution in [2.45, 2.75) is 173 Å². The van der Waals surface area contributed by atoms with Gasteiger partial charge in [-0.05, 0) is 80.5 Å². The summed E-state index contributed by atoms with van der Waals surface area (Å²) in [6.45, 7) is 23.3. The van der Waals surface area contributed by atoms with E-state index in [9.17, 15) is 19.8 Å². The van der Waals surface area contributed by atoms with Gasteiger partial charge in [0.05, 0.1) is 48.1 Å². The summed E-state index contributed by atoms with van der Waals surface area (Å²) in [6.07, 6.45) is -5.76. The van der Waals surface area contributed by atoms with E-state index in [1.807, 2.05) is 67.5 Å². The molecule has 18 atom stereocenters. The second-order valence-corrected chi connectivity index (χ2v) is 17.6. The summed E-state index contributed by atoms with van der Waals surface area (Å²) in [5.74, 6) is -3.43. The Bertz CT molecular complexity index is 1310. The van der Waals surface area contributed by atoms with Crippen LogP contribution in [0, 0.1) is 29.6 Å². The first-order valence-corrected chi connectivity index (χ1v) is 19.9. The summed E-state index contributed by atoms with van der Waals surface area (Å²) in [4.78, 5) is 30.9. The zero-order valence-corrected chi connectivity index (χ0v) is 35.3. The first-order valence-electron chi connectivity index (χ1n) is 19.9. The number of fused-ring (bicyclic) bond motifs is 1. The lowest BCUT2D eigenvalue weighted by atomic mass is 9.69. The largest absolute Gasteiger partial charge is 0.459 e. The van der Waals surface area contributed by atoms with Gasteiger partial charge in [-0.3, -0.25) is 9.59 Å². The van der Waals surface area contributed by atoms with Crippen molar-refractivity contribution in [2.24, 2.45) is 29.6 Å². The van der Waals surface area contributed by atoms with Gasteiger partial charge in [0.25, 0.3) is 0 Å². The number of nitrogens with zero attached hydrogens (tertiary/aromatic N) is 1. The maximum atomic E-state index is 14.5. The highest BCUT2D eigenvalue weighted by Crippen LogP contribution is 2.47. The van der Waals surface area contributed by atoms with Crippen molar-refractivity contribution < 1.29 is 57.7 Å². The second-order valence-electron chi connectivity index (χ2n) is 17.6. The molecule has 0 aromatic heterocycles. The van der Waals surface area contributed by atoms with E-state index in [4.69, 9.17) is 37.9 Å². The molecule has 54 heavy (non-hydrogen) atoms. The number of ether oxygens (including phenoxy) is 8. The minimum Gasteiger partial charge on any atom is -0.459 e. The van der Waals surface area contributed by atoms with Gasteiger partial charge in [-0.2, -0.15) is 0 Å². The van der Waals surface area contributed by atoms with E-state index in [-0.39, 0.29) is 37.4 Å². The third-order valence-electron chi connectivity index (χ3n) is 13.3. The van der Waals surface area contributed by atoms with Gasteiger partial charge in [0, 0.05) is 50.4 Å². The van der Waals surface area contributed by atoms with Crippen molar-refractivity contribution in [3.8, 4) is 0 Å². The standard InChI is InChI=1S/C41H71NO12/c1-16-29-41(11)31(22(3)20-49-41)24(5)32(43)21(2)18-40(10,48-15)36(54-38-33(44)28(42(12)13)17-23(4)50-38)25(6)34(26(7)37(46)52-29)53-30-19-39(9,47-14)35(45)27(8)51-30/h21,23-31,33-36,38,44-45H,3,16-20H2,1-2,4-15H3/t21-,23-,24?,25+,26-,27+,28+,29-,30+,31+,33-,34+,35+,36-,38+,39-,40-,41-/m1/s1. The van der Waals surface area contributed by atoms with Crippen molar-refractivity contribution in [2.75, 3.05) is 34.9 Å². The van der Waals surface area contributed by atoms with Gasteiger partial charge in [-0.25, -0.2) is 0 Å². The highest BCUT2D eigenvalue weighted by molar-refractivity contribution is 5.84. The molecule has 312 valence electrons. The van der Waals surface area contributed by atoms with Crippen molar-refractivity contribution in [3.63, 3.8) is 0 Å². The molecule has 0 aromatic carbocycles. The minimum absolute atomic E-state index is 0.00390. The van der Waals surface area contributed by atoms with Crippen LogP contribution in [0.3, 0.4) is 0 Å². The van der Waals surface area contributed by atoms with E-state index in [0.717, 1.165) is 5.57 Å². The maximum Gasteiger partial charge on any atom is 0.311 e. The van der Waals surface area contributed by atoms with Gasteiger partial charge < -0.3 is 53.0 Å². The Morgan fingerprint density at radius 1 is 0.907 bits per heavy atom. The molecule has 13 nitrogen and oxygen atoms in total. The normalized spacial score (nSPS) is 48.7. The van der Waals surface area contributed by atoms with Gasteiger partial charge in [0.1, 0.15) is 29.7 Å². The molecule has 0 saturated carbocycles. The van der Waals surface area contributed by atoms with E-state index in [2.05, 4.69) is 6.58 Å². The second kappa shape index (κ2) is 17.5. The van der Waals surface area contributed by atoms with Crippen molar-refractivity contribution in [1.82, 2.24) is 4.90 Å². The molecule has 2 N–H and O–H groups in total. The smallest absolute Gasteiger partial charge is 0.311 e. The van der Waals surface area contributed by atoms with Gasteiger partial charge in [0.15, 0.2) is 12.6 Å². The molecule has 0 aliphatic carbocycles. The molecule has 0 bridgehead atoms. The van der Waals surface area contributed by atoms with Crippen LogP contribution < -0.4 is 0 Å². The minimum atomic E-state index is -1.16. The highest BCUT2D eigenvalue weighted by atomic mass is 16.7. The average Bonchev–Trinajstić information content (AvgIpc) is 3.43. The molecule has 0 spiro atoms. The van der Waals surface area contributed by atoms with E-state index in [0.29, 0.717) is 12.8 Å². The average molecular weight is 770 g/mol. The molecule has 4 fully saturated rings. The third-order valence-corrected chi connectivity index (χ3v) is 13.3. The Hall–Kier alpha value is -1.52. The van der Waals surface area contributed by atoms with E-state index >= 15 is 0 Å². The Morgan fingerprint density at radius 2 is 1.54 bits per heavy atom. The number of carbonyl (C=O) groups excluding carboxylic acids is 2.